The Kier molecular flexibility index (Phi) is 4.43. The molecule has 1 fully saturated rings. The summed E-state index contributed by atoms with van der Waals surface area (Å²) >= 11 is 0. The Labute approximate surface area is 159 Å². The highest BCUT2D eigenvalue weighted by molar-refractivity contribution is 5.85. The van der Waals surface area contributed by atoms with Crippen LogP contribution in [0.3, 0.4) is 0 Å². The van der Waals surface area contributed by atoms with Gasteiger partial charge in [0.15, 0.2) is 11.8 Å². The summed E-state index contributed by atoms with van der Waals surface area (Å²) in [6.07, 6.45) is -5.44. The normalized spacial score (nSPS) is 22.1. The van der Waals surface area contributed by atoms with Gasteiger partial charge < -0.3 is 10.1 Å². The summed E-state index contributed by atoms with van der Waals surface area (Å²) < 4.78 is 46.0. The summed E-state index contributed by atoms with van der Waals surface area (Å²) in [5.41, 5.74) is -0.937. The Morgan fingerprint density at radius 1 is 0.821 bits per heavy atom. The van der Waals surface area contributed by atoms with E-state index in [-0.39, 0.29) is 5.56 Å². The SMILES string of the molecule is O=C1NC(c2ccccc2)(c2cccc(C(F)(F)F)c2)OC1c1ccccc1. The molecule has 4 rings (SSSR count). The number of nitrogens with one attached hydrogen (secondary N) is 1. The van der Waals surface area contributed by atoms with Crippen LogP contribution in [0.2, 0.25) is 0 Å². The lowest BCUT2D eigenvalue weighted by atomic mass is 9.93. The van der Waals surface area contributed by atoms with Gasteiger partial charge >= 0.3 is 6.18 Å². The van der Waals surface area contributed by atoms with Crippen molar-refractivity contribution in [3.05, 3.63) is 107 Å². The lowest BCUT2D eigenvalue weighted by molar-refractivity contribution is -0.137. The molecule has 2 unspecified atom stereocenters. The fourth-order valence-corrected chi connectivity index (χ4v) is 3.38. The van der Waals surface area contributed by atoms with E-state index in [1.54, 1.807) is 54.6 Å². The molecular formula is C22H16F3NO2. The number of hydrogen-bond acceptors (Lipinski definition) is 2. The van der Waals surface area contributed by atoms with Crippen molar-refractivity contribution in [3.8, 4) is 0 Å². The second-order valence-corrected chi connectivity index (χ2v) is 6.52. The highest BCUT2D eigenvalue weighted by atomic mass is 19.4. The van der Waals surface area contributed by atoms with Gasteiger partial charge in [-0.25, -0.2) is 0 Å². The van der Waals surface area contributed by atoms with Crippen LogP contribution < -0.4 is 5.32 Å². The highest BCUT2D eigenvalue weighted by Crippen LogP contribution is 2.42. The predicted octanol–water partition coefficient (Wildman–Crippen LogP) is 4.79. The molecule has 1 aliphatic rings. The fourth-order valence-electron chi connectivity index (χ4n) is 3.38. The summed E-state index contributed by atoms with van der Waals surface area (Å²) in [5.74, 6) is -0.410. The van der Waals surface area contributed by atoms with Gasteiger partial charge in [-0.15, -0.1) is 0 Å². The molecule has 0 saturated carbocycles. The number of amides is 1. The number of ether oxygens (including phenoxy) is 1. The average Bonchev–Trinajstić information content (AvgIpc) is 3.07. The maximum atomic E-state index is 13.3. The minimum atomic E-state index is -4.50. The van der Waals surface area contributed by atoms with Crippen molar-refractivity contribution in [3.63, 3.8) is 0 Å². The number of carbonyl (C=O) groups is 1. The summed E-state index contributed by atoms with van der Waals surface area (Å²) in [6, 6.07) is 22.4. The zero-order chi connectivity index (χ0) is 19.8. The maximum absolute atomic E-state index is 13.3. The average molecular weight is 383 g/mol. The molecule has 1 amide bonds. The Bertz CT molecular complexity index is 989. The van der Waals surface area contributed by atoms with Crippen molar-refractivity contribution in [1.82, 2.24) is 5.32 Å². The molecule has 142 valence electrons. The van der Waals surface area contributed by atoms with Crippen molar-refractivity contribution in [2.45, 2.75) is 18.0 Å². The smallest absolute Gasteiger partial charge is 0.329 e. The van der Waals surface area contributed by atoms with Crippen LogP contribution in [-0.2, 0) is 21.4 Å². The van der Waals surface area contributed by atoms with Gasteiger partial charge in [0, 0.05) is 11.1 Å². The summed E-state index contributed by atoms with van der Waals surface area (Å²) in [7, 11) is 0. The largest absolute Gasteiger partial charge is 0.416 e. The van der Waals surface area contributed by atoms with Crippen LogP contribution in [0, 0.1) is 0 Å². The van der Waals surface area contributed by atoms with E-state index in [0.29, 0.717) is 11.1 Å². The lowest BCUT2D eigenvalue weighted by Crippen LogP contribution is -2.41. The monoisotopic (exact) mass is 383 g/mol. The van der Waals surface area contributed by atoms with E-state index in [1.165, 1.54) is 12.1 Å². The van der Waals surface area contributed by atoms with Crippen LogP contribution in [0.5, 0.6) is 0 Å². The Balaban J connectivity index is 1.85. The van der Waals surface area contributed by atoms with E-state index >= 15 is 0 Å². The summed E-state index contributed by atoms with van der Waals surface area (Å²) in [5, 5.41) is 2.80. The third-order valence-electron chi connectivity index (χ3n) is 4.71. The van der Waals surface area contributed by atoms with Gasteiger partial charge in [0.2, 0.25) is 0 Å². The topological polar surface area (TPSA) is 38.3 Å². The molecule has 3 aromatic carbocycles. The lowest BCUT2D eigenvalue weighted by Gasteiger charge is -2.30. The maximum Gasteiger partial charge on any atom is 0.416 e. The van der Waals surface area contributed by atoms with Gasteiger partial charge in [0.25, 0.3) is 5.91 Å². The van der Waals surface area contributed by atoms with E-state index in [9.17, 15) is 18.0 Å². The van der Waals surface area contributed by atoms with Crippen molar-refractivity contribution >= 4 is 5.91 Å². The molecular weight excluding hydrogens is 367 g/mol. The zero-order valence-electron chi connectivity index (χ0n) is 14.6. The number of alkyl halides is 3. The summed E-state index contributed by atoms with van der Waals surface area (Å²) in [4.78, 5) is 12.8. The van der Waals surface area contributed by atoms with E-state index in [2.05, 4.69) is 5.32 Å². The third kappa shape index (κ3) is 3.16. The van der Waals surface area contributed by atoms with Crippen LogP contribution in [0.15, 0.2) is 84.9 Å². The first-order valence-electron chi connectivity index (χ1n) is 8.68. The molecule has 1 aliphatic heterocycles. The molecule has 0 bridgehead atoms. The predicted molar refractivity (Wildman–Crippen MR) is 97.1 cm³/mol. The van der Waals surface area contributed by atoms with E-state index < -0.39 is 29.5 Å². The molecule has 0 aromatic heterocycles. The molecule has 0 spiro atoms. The van der Waals surface area contributed by atoms with Crippen LogP contribution in [0.1, 0.15) is 28.4 Å². The van der Waals surface area contributed by atoms with Crippen molar-refractivity contribution < 1.29 is 22.7 Å². The molecule has 0 radical (unpaired) electrons. The molecule has 6 heteroatoms. The first-order valence-corrected chi connectivity index (χ1v) is 8.68. The minimum Gasteiger partial charge on any atom is -0.329 e. The van der Waals surface area contributed by atoms with Crippen molar-refractivity contribution in [2.24, 2.45) is 0 Å². The van der Waals surface area contributed by atoms with Crippen LogP contribution in [0.4, 0.5) is 13.2 Å². The first-order chi connectivity index (χ1) is 13.4. The number of carbonyl (C=O) groups excluding carboxylic acids is 1. The minimum absolute atomic E-state index is 0.209. The zero-order valence-corrected chi connectivity index (χ0v) is 14.6. The first kappa shape index (κ1) is 18.3. The Hall–Kier alpha value is -3.12. The number of halogens is 3. The Morgan fingerprint density at radius 3 is 2.07 bits per heavy atom. The van der Waals surface area contributed by atoms with E-state index in [0.717, 1.165) is 12.1 Å². The number of rotatable bonds is 3. The van der Waals surface area contributed by atoms with Crippen molar-refractivity contribution in [2.75, 3.05) is 0 Å². The standard InChI is InChI=1S/C22H16F3NO2/c23-22(24,25)18-13-7-12-17(14-18)21(16-10-5-2-6-11-16)26-20(27)19(28-21)15-8-3-1-4-9-15/h1-14,19H,(H,26,27). The van der Waals surface area contributed by atoms with Crippen LogP contribution >= 0.6 is 0 Å². The molecule has 3 nitrogen and oxygen atoms in total. The second kappa shape index (κ2) is 6.80. The van der Waals surface area contributed by atoms with Gasteiger partial charge in [-0.05, 0) is 17.7 Å². The van der Waals surface area contributed by atoms with E-state index in [4.69, 9.17) is 4.74 Å². The molecule has 3 aromatic rings. The molecule has 1 N–H and O–H groups in total. The number of benzene rings is 3. The van der Waals surface area contributed by atoms with Crippen LogP contribution in [0.25, 0.3) is 0 Å². The molecule has 28 heavy (non-hydrogen) atoms. The van der Waals surface area contributed by atoms with Gasteiger partial charge in [-0.2, -0.15) is 13.2 Å². The second-order valence-electron chi connectivity index (χ2n) is 6.52. The van der Waals surface area contributed by atoms with Gasteiger partial charge in [-0.3, -0.25) is 4.79 Å². The van der Waals surface area contributed by atoms with Crippen molar-refractivity contribution in [1.29, 1.82) is 0 Å². The highest BCUT2D eigenvalue weighted by Gasteiger charge is 2.49. The summed E-state index contributed by atoms with van der Waals surface area (Å²) in [6.45, 7) is 0. The molecule has 2 atom stereocenters. The molecule has 1 saturated heterocycles. The van der Waals surface area contributed by atoms with Gasteiger partial charge in [0.05, 0.1) is 5.56 Å². The molecule has 0 aliphatic carbocycles. The molecule has 1 heterocycles. The quantitative estimate of drug-likeness (QED) is 0.706. The van der Waals surface area contributed by atoms with Gasteiger partial charge in [-0.1, -0.05) is 72.8 Å². The van der Waals surface area contributed by atoms with Gasteiger partial charge in [0.1, 0.15) is 0 Å². The van der Waals surface area contributed by atoms with Crippen LogP contribution in [-0.4, -0.2) is 5.91 Å². The fraction of sp³-hybridized carbons (Fsp3) is 0.136. The number of hydrogen-bond donors (Lipinski definition) is 1. The Morgan fingerprint density at radius 2 is 1.43 bits per heavy atom. The third-order valence-corrected chi connectivity index (χ3v) is 4.71. The van der Waals surface area contributed by atoms with E-state index in [1.807, 2.05) is 6.07 Å².